The van der Waals surface area contributed by atoms with E-state index in [2.05, 4.69) is 12.1 Å². The first kappa shape index (κ1) is 25.0. The molecule has 0 saturated carbocycles. The summed E-state index contributed by atoms with van der Waals surface area (Å²) in [5.74, 6) is -0.134. The number of benzene rings is 3. The van der Waals surface area contributed by atoms with Gasteiger partial charge in [-0.1, -0.05) is 86.6 Å². The molecule has 5 rings (SSSR count). The van der Waals surface area contributed by atoms with E-state index in [4.69, 9.17) is 4.74 Å². The van der Waals surface area contributed by atoms with E-state index in [1.54, 1.807) is 11.8 Å². The maximum absolute atomic E-state index is 13.3. The molecule has 2 aliphatic carbocycles. The highest BCUT2D eigenvalue weighted by atomic mass is 32.2. The Labute approximate surface area is 217 Å². The second kappa shape index (κ2) is 9.64. The molecule has 0 amide bonds. The van der Waals surface area contributed by atoms with Crippen molar-refractivity contribution in [1.82, 2.24) is 0 Å². The van der Waals surface area contributed by atoms with Gasteiger partial charge in [0.1, 0.15) is 11.7 Å². The van der Waals surface area contributed by atoms with Crippen molar-refractivity contribution in [3.8, 4) is 0 Å². The maximum atomic E-state index is 13.3. The highest BCUT2D eigenvalue weighted by Crippen LogP contribution is 2.59. The quantitative estimate of drug-likeness (QED) is 0.437. The lowest BCUT2D eigenvalue weighted by atomic mass is 9.56. The molecule has 0 aromatic heterocycles. The van der Waals surface area contributed by atoms with E-state index in [1.807, 2.05) is 93.6 Å². The number of carbonyl (C=O) groups excluding carboxylic acids is 1. The first-order chi connectivity index (χ1) is 17.2. The molecule has 3 aromatic carbocycles. The van der Waals surface area contributed by atoms with Crippen molar-refractivity contribution in [3.05, 3.63) is 113 Å². The van der Waals surface area contributed by atoms with Crippen LogP contribution in [-0.2, 0) is 16.1 Å². The Hall–Kier alpha value is -2.70. The summed E-state index contributed by atoms with van der Waals surface area (Å²) in [5.41, 5.74) is 1.45. The number of thioether (sulfide) groups is 1. The summed E-state index contributed by atoms with van der Waals surface area (Å²) in [6, 6.07) is 27.7. The van der Waals surface area contributed by atoms with E-state index in [0.717, 1.165) is 21.6 Å². The molecular formula is C31H32O4S. The summed E-state index contributed by atoms with van der Waals surface area (Å²) >= 11 is 1.64. The molecule has 3 aromatic rings. The van der Waals surface area contributed by atoms with Gasteiger partial charge >= 0.3 is 0 Å². The van der Waals surface area contributed by atoms with Crippen LogP contribution in [0.4, 0.5) is 0 Å². The van der Waals surface area contributed by atoms with Gasteiger partial charge in [0.15, 0.2) is 5.78 Å². The molecular weight excluding hydrogens is 468 g/mol. The number of hydrogen-bond donors (Lipinski definition) is 2. The first-order valence-corrected chi connectivity index (χ1v) is 13.2. The van der Waals surface area contributed by atoms with Gasteiger partial charge in [0.05, 0.1) is 18.0 Å². The average molecular weight is 501 g/mol. The van der Waals surface area contributed by atoms with Gasteiger partial charge in [-0.2, -0.15) is 0 Å². The highest BCUT2D eigenvalue weighted by Gasteiger charge is 2.60. The van der Waals surface area contributed by atoms with E-state index in [-0.39, 0.29) is 17.5 Å². The fourth-order valence-corrected chi connectivity index (χ4v) is 7.30. The van der Waals surface area contributed by atoms with Crippen LogP contribution in [0.2, 0.25) is 0 Å². The lowest BCUT2D eigenvalue weighted by molar-refractivity contribution is -0.161. The fourth-order valence-electron chi connectivity index (χ4n) is 5.75. The second-order valence-corrected chi connectivity index (χ2v) is 11.5. The smallest absolute Gasteiger partial charge is 0.161 e. The first-order valence-electron chi connectivity index (χ1n) is 12.3. The third-order valence-corrected chi connectivity index (χ3v) is 9.18. The normalized spacial score (nSPS) is 27.2. The molecule has 4 atom stereocenters. The molecule has 0 spiro atoms. The summed E-state index contributed by atoms with van der Waals surface area (Å²) in [5, 5.41) is 23.4. The van der Waals surface area contributed by atoms with Gasteiger partial charge in [-0.15, -0.1) is 11.8 Å². The summed E-state index contributed by atoms with van der Waals surface area (Å²) in [7, 11) is 0. The van der Waals surface area contributed by atoms with Crippen LogP contribution in [0.15, 0.2) is 101 Å². The van der Waals surface area contributed by atoms with Gasteiger partial charge in [0.25, 0.3) is 0 Å². The van der Waals surface area contributed by atoms with Crippen LogP contribution < -0.4 is 0 Å². The zero-order valence-electron chi connectivity index (χ0n) is 20.8. The number of rotatable bonds is 5. The molecule has 186 valence electrons. The second-order valence-electron chi connectivity index (χ2n) is 10.3. The topological polar surface area (TPSA) is 66.8 Å². The van der Waals surface area contributed by atoms with Crippen LogP contribution >= 0.6 is 11.8 Å². The number of Topliss-reactive ketones (excluding diaryl/α,β-unsaturated/α-hetero) is 1. The predicted molar refractivity (Wildman–Crippen MR) is 143 cm³/mol. The molecule has 2 bridgehead atoms. The van der Waals surface area contributed by atoms with Crippen molar-refractivity contribution in [2.45, 2.75) is 61.8 Å². The van der Waals surface area contributed by atoms with Crippen molar-refractivity contribution in [2.24, 2.45) is 5.41 Å². The van der Waals surface area contributed by atoms with Gasteiger partial charge in [-0.25, -0.2) is 0 Å². The number of ketones is 1. The van der Waals surface area contributed by atoms with E-state index < -0.39 is 23.2 Å². The maximum Gasteiger partial charge on any atom is 0.161 e. The highest BCUT2D eigenvalue weighted by molar-refractivity contribution is 8.00. The number of hydrogen-bond acceptors (Lipinski definition) is 5. The van der Waals surface area contributed by atoms with Crippen molar-refractivity contribution < 1.29 is 19.7 Å². The Kier molecular flexibility index (Phi) is 6.69. The van der Waals surface area contributed by atoms with Crippen molar-refractivity contribution in [3.63, 3.8) is 0 Å². The average Bonchev–Trinajstić information content (AvgIpc) is 2.88. The molecule has 36 heavy (non-hydrogen) atoms. The van der Waals surface area contributed by atoms with Crippen LogP contribution in [0.25, 0.3) is 0 Å². The van der Waals surface area contributed by atoms with E-state index in [1.165, 1.54) is 0 Å². The lowest BCUT2D eigenvalue weighted by Gasteiger charge is -2.54. The number of allylic oxidation sites excluding steroid dienone is 1. The van der Waals surface area contributed by atoms with Crippen LogP contribution in [0.1, 0.15) is 56.1 Å². The number of carbonyl (C=O) groups is 1. The molecule has 5 heteroatoms. The molecule has 2 N–H and O–H groups in total. The van der Waals surface area contributed by atoms with Crippen LogP contribution in [-0.4, -0.2) is 26.8 Å². The minimum atomic E-state index is -1.64. The van der Waals surface area contributed by atoms with Crippen LogP contribution in [0, 0.1) is 5.41 Å². The molecule has 0 aliphatic heterocycles. The molecule has 0 radical (unpaired) electrons. The Balaban J connectivity index is 1.74. The number of aliphatic hydroxyl groups is 2. The molecule has 2 aliphatic rings. The predicted octanol–water partition coefficient (Wildman–Crippen LogP) is 6.20. The summed E-state index contributed by atoms with van der Waals surface area (Å²) in [6.45, 7) is 6.13. The Bertz CT molecular complexity index is 1280. The Morgan fingerprint density at radius 3 is 2.17 bits per heavy atom. The SMILES string of the molecule is CC1=C2[C@@H](Sc3ccccc3)[C@H](OCc3ccccc3)c3ccccc3[C@H](O)[C@](O)(CC1=O)C2(C)C. The minimum Gasteiger partial charge on any atom is -0.385 e. The van der Waals surface area contributed by atoms with Gasteiger partial charge in [0.2, 0.25) is 0 Å². The molecule has 0 heterocycles. The fraction of sp³-hybridized carbons (Fsp3) is 0.323. The van der Waals surface area contributed by atoms with Gasteiger partial charge in [-0.3, -0.25) is 4.79 Å². The van der Waals surface area contributed by atoms with Crippen LogP contribution in [0.5, 0.6) is 0 Å². The van der Waals surface area contributed by atoms with E-state index in [9.17, 15) is 15.0 Å². The lowest BCUT2D eigenvalue weighted by Crippen LogP contribution is -2.58. The summed E-state index contributed by atoms with van der Waals surface area (Å²) < 4.78 is 6.71. The van der Waals surface area contributed by atoms with E-state index >= 15 is 0 Å². The number of aliphatic hydroxyl groups excluding tert-OH is 1. The molecule has 0 saturated heterocycles. The van der Waals surface area contributed by atoms with Gasteiger partial charge in [-0.05, 0) is 46.9 Å². The minimum absolute atomic E-state index is 0.122. The number of ether oxygens (including phenoxy) is 1. The van der Waals surface area contributed by atoms with Crippen LogP contribution in [0.3, 0.4) is 0 Å². The monoisotopic (exact) mass is 500 g/mol. The Morgan fingerprint density at radius 1 is 0.917 bits per heavy atom. The van der Waals surface area contributed by atoms with Crippen molar-refractivity contribution in [1.29, 1.82) is 0 Å². The zero-order chi connectivity index (χ0) is 25.5. The molecule has 0 fully saturated rings. The summed E-state index contributed by atoms with van der Waals surface area (Å²) in [4.78, 5) is 14.4. The summed E-state index contributed by atoms with van der Waals surface area (Å²) in [6.07, 6.45) is -1.81. The standard InChI is InChI=1S/C31H32O4S/c1-20-25(32)18-31(34)29(33)24-17-11-10-16-23(24)27(35-19-21-12-6-4-7-13-21)28(26(20)30(31,2)3)36-22-14-8-5-9-15-22/h4-17,27-29,33-34H,18-19H2,1-3H3/t27-,28-,29+,31-/m1/s1. The van der Waals surface area contributed by atoms with Gasteiger partial charge in [0, 0.05) is 16.7 Å². The van der Waals surface area contributed by atoms with E-state index in [0.29, 0.717) is 17.7 Å². The van der Waals surface area contributed by atoms with Crippen molar-refractivity contribution >= 4 is 17.5 Å². The zero-order valence-corrected chi connectivity index (χ0v) is 21.7. The molecule has 4 nitrogen and oxygen atoms in total. The molecule has 0 unspecified atom stereocenters. The van der Waals surface area contributed by atoms with Crippen molar-refractivity contribution in [2.75, 3.05) is 0 Å². The largest absolute Gasteiger partial charge is 0.385 e. The van der Waals surface area contributed by atoms with Gasteiger partial charge < -0.3 is 14.9 Å². The third-order valence-electron chi connectivity index (χ3n) is 7.90. The number of fused-ring (bicyclic) bond motifs is 3. The Morgan fingerprint density at radius 2 is 1.50 bits per heavy atom. The third kappa shape index (κ3) is 4.14.